The van der Waals surface area contributed by atoms with E-state index < -0.39 is 40.5 Å². The van der Waals surface area contributed by atoms with Gasteiger partial charge < -0.3 is 15.2 Å². The molecule has 1 fully saturated rings. The maximum atomic E-state index is 13.5. The van der Waals surface area contributed by atoms with Gasteiger partial charge in [0.2, 0.25) is 9.70 Å². The molecule has 11 nitrogen and oxygen atoms in total. The summed E-state index contributed by atoms with van der Waals surface area (Å²) in [6, 6.07) is 8.38. The molecule has 1 saturated heterocycles. The average molecular weight is 743 g/mol. The van der Waals surface area contributed by atoms with Gasteiger partial charge >= 0.3 is 5.97 Å². The number of carbonyl (C=O) groups excluding carboxylic acids is 3. The first-order chi connectivity index (χ1) is 22.7. The Hall–Kier alpha value is -2.96. The minimum atomic E-state index is -1.72. The van der Waals surface area contributed by atoms with Gasteiger partial charge in [-0.3, -0.25) is 34.1 Å². The second-order valence-corrected chi connectivity index (χ2v) is 15.8. The molecule has 3 unspecified atom stereocenters. The molecule has 0 saturated carbocycles. The van der Waals surface area contributed by atoms with Crippen LogP contribution < -0.4 is 10.7 Å². The fraction of sp³-hybridized carbons (Fsp3) is 0.571. The minimum Gasteiger partial charge on any atom is -0.481 e. The van der Waals surface area contributed by atoms with Crippen molar-refractivity contribution in [2.75, 3.05) is 26.7 Å². The summed E-state index contributed by atoms with van der Waals surface area (Å²) in [5.41, 5.74) is 5.75. The lowest BCUT2D eigenvalue weighted by atomic mass is 9.89. The van der Waals surface area contributed by atoms with Gasteiger partial charge in [0.05, 0.1) is 11.6 Å². The fourth-order valence-electron chi connectivity index (χ4n) is 5.57. The number of amides is 2. The normalized spacial score (nSPS) is 16.7. The number of ether oxygens (including phenoxy) is 1. The Morgan fingerprint density at radius 2 is 1.80 bits per heavy atom. The Bertz CT molecular complexity index is 1480. The van der Waals surface area contributed by atoms with Crippen LogP contribution in [0.2, 0.25) is 0 Å². The van der Waals surface area contributed by atoms with E-state index in [1.165, 1.54) is 5.01 Å². The van der Waals surface area contributed by atoms with Crippen LogP contribution in [0.3, 0.4) is 0 Å². The molecule has 1 aliphatic rings. The maximum Gasteiger partial charge on any atom is 0.325 e. The molecule has 2 amide bonds. The zero-order chi connectivity index (χ0) is 37.1. The highest BCUT2D eigenvalue weighted by Crippen LogP contribution is 2.27. The van der Waals surface area contributed by atoms with Gasteiger partial charge in [-0.1, -0.05) is 99.8 Å². The number of alkyl halides is 3. The first-order valence-corrected chi connectivity index (χ1v) is 17.5. The molecule has 0 spiro atoms. The standard InChI is InChI=1S/C33H46Cl3N5O4.C2H4O2/c1-8-25-14-13-24-12-11-23(18-27(24)38-25)15-16-32(5,6)19-40(7)28(21(2)3)29(42)37-22(4)30(43)41-17-9-10-26(39-41)31(44)45-20-33(34,35)36;1-2(3)4/h11-16,18,21-22,26,28,39H,8-10,17,19-20H2,1-7H3,(H,37,42);1H3,(H,3,4)/b16-15+;. The third kappa shape index (κ3) is 14.4. The number of rotatable bonds is 12. The van der Waals surface area contributed by atoms with Crippen LogP contribution in [0.15, 0.2) is 36.4 Å². The Morgan fingerprint density at radius 3 is 2.39 bits per heavy atom. The number of esters is 1. The highest BCUT2D eigenvalue weighted by Gasteiger charge is 2.35. The first kappa shape index (κ1) is 42.2. The maximum absolute atomic E-state index is 13.5. The molecule has 3 rings (SSSR count). The third-order valence-electron chi connectivity index (χ3n) is 7.74. The SMILES string of the molecule is CC(=O)O.CCc1ccc2ccc(/C=C/C(C)(C)CN(C)C(C(=O)NC(C)C(=O)N3CCCC(C(=O)OCC(Cl)(Cl)Cl)N3)C(C)C)cc2n1. The topological polar surface area (TPSA) is 141 Å². The number of hydrogen-bond acceptors (Lipinski definition) is 8. The van der Waals surface area contributed by atoms with Crippen molar-refractivity contribution in [1.29, 1.82) is 0 Å². The Kier molecular flexibility index (Phi) is 16.3. The molecule has 14 heteroatoms. The van der Waals surface area contributed by atoms with Crippen LogP contribution in [0.4, 0.5) is 0 Å². The number of carboxylic acids is 1. The van der Waals surface area contributed by atoms with Gasteiger partial charge in [-0.05, 0) is 62.3 Å². The number of carbonyl (C=O) groups is 4. The Balaban J connectivity index is 0.00000197. The van der Waals surface area contributed by atoms with Gasteiger partial charge in [0, 0.05) is 31.1 Å². The van der Waals surface area contributed by atoms with Crippen molar-refractivity contribution in [3.63, 3.8) is 0 Å². The summed E-state index contributed by atoms with van der Waals surface area (Å²) in [5.74, 6) is -2.05. The number of aromatic nitrogens is 1. The van der Waals surface area contributed by atoms with Crippen LogP contribution in [0, 0.1) is 11.3 Å². The molecular weight excluding hydrogens is 693 g/mol. The van der Waals surface area contributed by atoms with E-state index in [-0.39, 0.29) is 23.1 Å². The van der Waals surface area contributed by atoms with Crippen molar-refractivity contribution in [2.45, 2.75) is 89.6 Å². The van der Waals surface area contributed by atoms with Crippen molar-refractivity contribution >= 4 is 75.5 Å². The summed E-state index contributed by atoms with van der Waals surface area (Å²) in [4.78, 5) is 55.0. The van der Waals surface area contributed by atoms with E-state index in [1.54, 1.807) is 6.92 Å². The second-order valence-electron chi connectivity index (χ2n) is 13.3. The molecular formula is C35H50Cl3N5O6. The number of halogens is 3. The van der Waals surface area contributed by atoms with E-state index in [1.807, 2.05) is 25.8 Å². The van der Waals surface area contributed by atoms with E-state index in [0.717, 1.165) is 35.5 Å². The number of hydrogen-bond donors (Lipinski definition) is 3. The number of hydrazine groups is 1. The number of fused-ring (bicyclic) bond motifs is 1. The van der Waals surface area contributed by atoms with Gasteiger partial charge in [0.25, 0.3) is 11.9 Å². The minimum absolute atomic E-state index is 0.0124. The van der Waals surface area contributed by atoms with Gasteiger partial charge in [-0.2, -0.15) is 0 Å². The molecule has 49 heavy (non-hydrogen) atoms. The van der Waals surface area contributed by atoms with Crippen molar-refractivity contribution in [2.24, 2.45) is 11.3 Å². The van der Waals surface area contributed by atoms with E-state index in [9.17, 15) is 14.4 Å². The zero-order valence-corrected chi connectivity index (χ0v) is 31.8. The quantitative estimate of drug-likeness (QED) is 0.182. The van der Waals surface area contributed by atoms with Crippen molar-refractivity contribution < 1.29 is 29.0 Å². The lowest BCUT2D eigenvalue weighted by Gasteiger charge is -2.37. The van der Waals surface area contributed by atoms with Crippen LogP contribution in [-0.2, 0) is 30.3 Å². The molecule has 0 bridgehead atoms. The summed E-state index contributed by atoms with van der Waals surface area (Å²) >= 11 is 17.0. The van der Waals surface area contributed by atoms with Gasteiger partial charge in [0.15, 0.2) is 0 Å². The number of nitrogens with zero attached hydrogens (tertiary/aromatic N) is 3. The molecule has 3 atom stereocenters. The first-order valence-electron chi connectivity index (χ1n) is 16.3. The van der Waals surface area contributed by atoms with Crippen LogP contribution in [-0.4, -0.2) is 92.4 Å². The highest BCUT2D eigenvalue weighted by atomic mass is 35.6. The number of nitrogens with one attached hydrogen (secondary N) is 2. The summed E-state index contributed by atoms with van der Waals surface area (Å²) in [6.07, 6.45) is 6.19. The van der Waals surface area contributed by atoms with E-state index in [4.69, 9.17) is 54.4 Å². The summed E-state index contributed by atoms with van der Waals surface area (Å²) < 4.78 is 3.35. The molecule has 1 aromatic heterocycles. The Labute approximate surface area is 304 Å². The molecule has 272 valence electrons. The number of aliphatic carboxylic acids is 1. The number of pyridine rings is 1. The fourth-order valence-corrected chi connectivity index (χ4v) is 5.73. The smallest absolute Gasteiger partial charge is 0.325 e. The summed E-state index contributed by atoms with van der Waals surface area (Å²) in [7, 11) is 1.93. The lowest BCUT2D eigenvalue weighted by Crippen LogP contribution is -2.61. The van der Waals surface area contributed by atoms with Crippen LogP contribution in [0.1, 0.15) is 72.6 Å². The molecule has 1 aliphatic heterocycles. The van der Waals surface area contributed by atoms with Crippen molar-refractivity contribution in [1.82, 2.24) is 25.6 Å². The average Bonchev–Trinajstić information content (AvgIpc) is 3.00. The van der Waals surface area contributed by atoms with Crippen molar-refractivity contribution in [3.8, 4) is 0 Å². The van der Waals surface area contributed by atoms with E-state index >= 15 is 0 Å². The monoisotopic (exact) mass is 741 g/mol. The lowest BCUT2D eigenvalue weighted by molar-refractivity contribution is -0.153. The summed E-state index contributed by atoms with van der Waals surface area (Å²) in [5, 5.41) is 12.8. The molecule has 3 N–H and O–H groups in total. The van der Waals surface area contributed by atoms with Crippen LogP contribution in [0.5, 0.6) is 0 Å². The molecule has 0 aliphatic carbocycles. The van der Waals surface area contributed by atoms with E-state index in [2.05, 4.69) is 74.0 Å². The number of aryl methyl sites for hydroxylation is 1. The predicted molar refractivity (Wildman–Crippen MR) is 195 cm³/mol. The van der Waals surface area contributed by atoms with Crippen molar-refractivity contribution in [3.05, 3.63) is 47.7 Å². The molecule has 1 aromatic carbocycles. The van der Waals surface area contributed by atoms with Crippen LogP contribution >= 0.6 is 34.8 Å². The molecule has 2 aromatic rings. The van der Waals surface area contributed by atoms with Gasteiger partial charge in [-0.15, -0.1) is 0 Å². The van der Waals surface area contributed by atoms with Gasteiger partial charge in [-0.25, -0.2) is 5.43 Å². The molecule has 0 radical (unpaired) electrons. The number of likely N-dealkylation sites (N-methyl/N-ethyl adjacent to an activating group) is 1. The number of benzene rings is 1. The third-order valence-corrected chi connectivity index (χ3v) is 8.07. The molecule has 2 heterocycles. The van der Waals surface area contributed by atoms with E-state index in [0.29, 0.717) is 25.9 Å². The zero-order valence-electron chi connectivity index (χ0n) is 29.6. The number of carboxylic acid groups (broad SMARTS) is 1. The van der Waals surface area contributed by atoms with Crippen LogP contribution in [0.25, 0.3) is 17.0 Å². The van der Waals surface area contributed by atoms with Gasteiger partial charge in [0.1, 0.15) is 18.7 Å². The predicted octanol–water partition coefficient (Wildman–Crippen LogP) is 5.80. The highest BCUT2D eigenvalue weighted by molar-refractivity contribution is 6.67. The largest absolute Gasteiger partial charge is 0.481 e. The second kappa shape index (κ2) is 18.9. The summed E-state index contributed by atoms with van der Waals surface area (Å²) in [6.45, 7) is 13.7. The Morgan fingerprint density at radius 1 is 1.16 bits per heavy atom.